The third kappa shape index (κ3) is 4.11. The molecule has 3 amide bonds. The summed E-state index contributed by atoms with van der Waals surface area (Å²) in [4.78, 5) is 41.1. The van der Waals surface area contributed by atoms with Gasteiger partial charge in [-0.2, -0.15) is 0 Å². The number of carbonyl (C=O) groups excluding carboxylic acids is 3. The monoisotopic (exact) mass is 383 g/mol. The quantitative estimate of drug-likeness (QED) is 0.793. The highest BCUT2D eigenvalue weighted by atomic mass is 16.2. The van der Waals surface area contributed by atoms with E-state index in [4.69, 9.17) is 0 Å². The van der Waals surface area contributed by atoms with E-state index in [1.807, 2.05) is 13.8 Å². The molecule has 0 radical (unpaired) electrons. The number of carbonyl (C=O) groups is 3. The van der Waals surface area contributed by atoms with Crippen LogP contribution in [0.4, 0.5) is 5.69 Å². The van der Waals surface area contributed by atoms with E-state index in [0.29, 0.717) is 35.0 Å². The first-order valence-electron chi connectivity index (χ1n) is 10.0. The zero-order valence-corrected chi connectivity index (χ0v) is 17.1. The highest BCUT2D eigenvalue weighted by Crippen LogP contribution is 2.34. The van der Waals surface area contributed by atoms with E-state index in [1.165, 1.54) is 11.8 Å². The molecule has 1 aromatic carbocycles. The van der Waals surface area contributed by atoms with Crippen LogP contribution in [0.2, 0.25) is 0 Å². The van der Waals surface area contributed by atoms with Gasteiger partial charge in [-0.25, -0.2) is 0 Å². The molecule has 0 aromatic heterocycles. The van der Waals surface area contributed by atoms with E-state index in [-0.39, 0.29) is 23.6 Å². The number of benzene rings is 1. The molecule has 6 nitrogen and oxygen atoms in total. The van der Waals surface area contributed by atoms with Crippen LogP contribution in [0.1, 0.15) is 46.1 Å². The van der Waals surface area contributed by atoms with E-state index in [2.05, 4.69) is 17.1 Å². The smallest absolute Gasteiger partial charge is 0.277 e. The Labute approximate surface area is 166 Å². The Kier molecular flexibility index (Phi) is 5.87. The van der Waals surface area contributed by atoms with Crippen LogP contribution in [-0.4, -0.2) is 47.2 Å². The van der Waals surface area contributed by atoms with Crippen LogP contribution < -0.4 is 5.32 Å². The molecule has 0 spiro atoms. The van der Waals surface area contributed by atoms with Gasteiger partial charge in [0.15, 0.2) is 0 Å². The normalized spacial score (nSPS) is 18.5. The van der Waals surface area contributed by atoms with Crippen molar-refractivity contribution >= 4 is 29.0 Å². The van der Waals surface area contributed by atoms with Gasteiger partial charge < -0.3 is 10.2 Å². The molecule has 3 rings (SSSR count). The maximum atomic E-state index is 13.2. The van der Waals surface area contributed by atoms with Crippen molar-refractivity contribution in [3.05, 3.63) is 35.5 Å². The Morgan fingerprint density at radius 1 is 1.11 bits per heavy atom. The molecule has 150 valence electrons. The molecule has 0 saturated carbocycles. The van der Waals surface area contributed by atoms with Crippen molar-refractivity contribution in [3.8, 4) is 0 Å². The average molecular weight is 383 g/mol. The molecule has 0 bridgehead atoms. The first kappa shape index (κ1) is 20.1. The highest BCUT2D eigenvalue weighted by molar-refractivity contribution is 6.35. The number of amides is 3. The van der Waals surface area contributed by atoms with Crippen molar-refractivity contribution in [2.45, 2.75) is 40.5 Å². The van der Waals surface area contributed by atoms with Gasteiger partial charge in [-0.1, -0.05) is 32.9 Å². The third-order valence-electron chi connectivity index (χ3n) is 5.29. The number of nitrogens with zero attached hydrogens (tertiary/aromatic N) is 2. The van der Waals surface area contributed by atoms with E-state index in [1.54, 1.807) is 24.3 Å². The zero-order chi connectivity index (χ0) is 20.4. The van der Waals surface area contributed by atoms with Crippen LogP contribution in [0.5, 0.6) is 0 Å². The Morgan fingerprint density at radius 3 is 2.25 bits per heavy atom. The maximum Gasteiger partial charge on any atom is 0.277 e. The average Bonchev–Trinajstić information content (AvgIpc) is 2.87. The van der Waals surface area contributed by atoms with Gasteiger partial charge in [0.05, 0.1) is 5.57 Å². The lowest BCUT2D eigenvalue weighted by molar-refractivity contribution is -0.138. The summed E-state index contributed by atoms with van der Waals surface area (Å²) in [6, 6.07) is 7.14. The molecule has 2 heterocycles. The van der Waals surface area contributed by atoms with Gasteiger partial charge in [0, 0.05) is 32.2 Å². The third-order valence-corrected chi connectivity index (χ3v) is 5.29. The van der Waals surface area contributed by atoms with Crippen LogP contribution in [0.3, 0.4) is 0 Å². The SMILES string of the molecule is CC(=O)Nc1ccc(C2=C(N3CCC(C)CC3)C(=O)N(CC(C)C)C2=O)cc1. The molecule has 1 fully saturated rings. The summed E-state index contributed by atoms with van der Waals surface area (Å²) in [6.45, 7) is 9.68. The molecular formula is C22H29N3O3. The predicted octanol–water partition coefficient (Wildman–Crippen LogP) is 3.11. The minimum atomic E-state index is -0.223. The number of piperidine rings is 1. The summed E-state index contributed by atoms with van der Waals surface area (Å²) < 4.78 is 0. The molecule has 6 heteroatoms. The molecule has 0 aliphatic carbocycles. The fourth-order valence-corrected chi connectivity index (χ4v) is 3.80. The van der Waals surface area contributed by atoms with Crippen molar-refractivity contribution in [2.75, 3.05) is 25.0 Å². The first-order valence-corrected chi connectivity index (χ1v) is 10.0. The summed E-state index contributed by atoms with van der Waals surface area (Å²) in [6.07, 6.45) is 2.04. The van der Waals surface area contributed by atoms with Crippen LogP contribution in [0.15, 0.2) is 30.0 Å². The lowest BCUT2D eigenvalue weighted by Crippen LogP contribution is -2.39. The minimum absolute atomic E-state index is 0.148. The summed E-state index contributed by atoms with van der Waals surface area (Å²) in [5, 5.41) is 2.73. The second-order valence-corrected chi connectivity index (χ2v) is 8.27. The largest absolute Gasteiger partial charge is 0.366 e. The fourth-order valence-electron chi connectivity index (χ4n) is 3.80. The van der Waals surface area contributed by atoms with Gasteiger partial charge in [0.1, 0.15) is 5.70 Å². The fraction of sp³-hybridized carbons (Fsp3) is 0.500. The molecule has 0 atom stereocenters. The number of imide groups is 1. The van der Waals surface area contributed by atoms with Crippen LogP contribution in [0, 0.1) is 11.8 Å². The van der Waals surface area contributed by atoms with Crippen LogP contribution in [-0.2, 0) is 14.4 Å². The minimum Gasteiger partial charge on any atom is -0.366 e. The Bertz CT molecular complexity index is 803. The van der Waals surface area contributed by atoms with Gasteiger partial charge in [-0.05, 0) is 42.4 Å². The number of hydrogen-bond donors (Lipinski definition) is 1. The summed E-state index contributed by atoms with van der Waals surface area (Å²) in [7, 11) is 0. The summed E-state index contributed by atoms with van der Waals surface area (Å²) >= 11 is 0. The molecule has 0 unspecified atom stereocenters. The van der Waals surface area contributed by atoms with Crippen molar-refractivity contribution < 1.29 is 14.4 Å². The topological polar surface area (TPSA) is 69.7 Å². The molecule has 1 saturated heterocycles. The second-order valence-electron chi connectivity index (χ2n) is 8.27. The Hall–Kier alpha value is -2.63. The molecular weight excluding hydrogens is 354 g/mol. The summed E-state index contributed by atoms with van der Waals surface area (Å²) in [5.74, 6) is 0.285. The van der Waals surface area contributed by atoms with E-state index in [0.717, 1.165) is 25.9 Å². The second kappa shape index (κ2) is 8.17. The molecule has 2 aliphatic rings. The first-order chi connectivity index (χ1) is 13.3. The summed E-state index contributed by atoms with van der Waals surface area (Å²) in [5.41, 5.74) is 2.40. The number of nitrogens with one attached hydrogen (secondary N) is 1. The van der Waals surface area contributed by atoms with E-state index in [9.17, 15) is 14.4 Å². The van der Waals surface area contributed by atoms with Crippen LogP contribution >= 0.6 is 0 Å². The standard InChI is InChI=1S/C22H29N3O3/c1-14(2)13-25-21(27)19(17-5-7-18(8-6-17)23-16(4)26)20(22(25)28)24-11-9-15(3)10-12-24/h5-8,14-15H,9-13H2,1-4H3,(H,23,26). The van der Waals surface area contributed by atoms with Gasteiger partial charge in [0.2, 0.25) is 5.91 Å². The lowest BCUT2D eigenvalue weighted by atomic mass is 9.97. The Morgan fingerprint density at radius 2 is 1.71 bits per heavy atom. The van der Waals surface area contributed by atoms with Crippen molar-refractivity contribution in [1.29, 1.82) is 0 Å². The van der Waals surface area contributed by atoms with Gasteiger partial charge >= 0.3 is 0 Å². The van der Waals surface area contributed by atoms with Gasteiger partial charge in [-0.15, -0.1) is 0 Å². The zero-order valence-electron chi connectivity index (χ0n) is 17.1. The maximum absolute atomic E-state index is 13.2. The number of rotatable bonds is 5. The van der Waals surface area contributed by atoms with E-state index < -0.39 is 0 Å². The molecule has 28 heavy (non-hydrogen) atoms. The van der Waals surface area contributed by atoms with Crippen LogP contribution in [0.25, 0.3) is 5.57 Å². The Balaban J connectivity index is 1.99. The van der Waals surface area contributed by atoms with Crippen molar-refractivity contribution in [1.82, 2.24) is 9.80 Å². The molecule has 1 aromatic rings. The van der Waals surface area contributed by atoms with E-state index >= 15 is 0 Å². The van der Waals surface area contributed by atoms with Crippen molar-refractivity contribution in [3.63, 3.8) is 0 Å². The molecule has 1 N–H and O–H groups in total. The number of hydrogen-bond acceptors (Lipinski definition) is 4. The molecule has 2 aliphatic heterocycles. The van der Waals surface area contributed by atoms with Crippen molar-refractivity contribution in [2.24, 2.45) is 11.8 Å². The number of anilines is 1. The highest BCUT2D eigenvalue weighted by Gasteiger charge is 2.42. The van der Waals surface area contributed by atoms with Gasteiger partial charge in [-0.3, -0.25) is 19.3 Å². The lowest BCUT2D eigenvalue weighted by Gasteiger charge is -2.32. The van der Waals surface area contributed by atoms with Gasteiger partial charge in [0.25, 0.3) is 11.8 Å². The number of likely N-dealkylation sites (tertiary alicyclic amines) is 1. The predicted molar refractivity (Wildman–Crippen MR) is 109 cm³/mol.